The van der Waals surface area contributed by atoms with Crippen molar-refractivity contribution in [1.29, 1.82) is 5.26 Å². The molecular formula is C15H11BrClNO. The summed E-state index contributed by atoms with van der Waals surface area (Å²) in [4.78, 5) is 0. The van der Waals surface area contributed by atoms with Gasteiger partial charge in [0, 0.05) is 9.50 Å². The number of aryl methyl sites for hydroxylation is 2. The summed E-state index contributed by atoms with van der Waals surface area (Å²) in [6, 6.07) is 11.1. The van der Waals surface area contributed by atoms with E-state index in [2.05, 4.69) is 22.0 Å². The number of hydrogen-bond donors (Lipinski definition) is 0. The Morgan fingerprint density at radius 1 is 1.16 bits per heavy atom. The summed E-state index contributed by atoms with van der Waals surface area (Å²) in [7, 11) is 0. The van der Waals surface area contributed by atoms with E-state index in [0.29, 0.717) is 16.3 Å². The molecule has 0 aromatic heterocycles. The van der Waals surface area contributed by atoms with Crippen molar-refractivity contribution < 1.29 is 4.74 Å². The second-order valence-corrected chi connectivity index (χ2v) is 5.51. The average molecular weight is 337 g/mol. The lowest BCUT2D eigenvalue weighted by Crippen LogP contribution is -1.92. The van der Waals surface area contributed by atoms with Crippen LogP contribution in [-0.4, -0.2) is 0 Å². The molecule has 0 saturated heterocycles. The smallest absolute Gasteiger partial charge is 0.133 e. The number of hydrogen-bond acceptors (Lipinski definition) is 2. The Morgan fingerprint density at radius 2 is 1.79 bits per heavy atom. The minimum absolute atomic E-state index is 0.580. The fourth-order valence-electron chi connectivity index (χ4n) is 1.83. The number of ether oxygens (including phenoxy) is 1. The van der Waals surface area contributed by atoms with Gasteiger partial charge < -0.3 is 4.74 Å². The molecule has 2 rings (SSSR count). The molecule has 0 amide bonds. The summed E-state index contributed by atoms with van der Waals surface area (Å²) in [5, 5.41) is 9.58. The highest BCUT2D eigenvalue weighted by Crippen LogP contribution is 2.33. The third-order valence-electron chi connectivity index (χ3n) is 2.71. The molecule has 0 spiro atoms. The molecule has 19 heavy (non-hydrogen) atoms. The summed E-state index contributed by atoms with van der Waals surface area (Å²) in [5.41, 5.74) is 2.54. The van der Waals surface area contributed by atoms with Crippen LogP contribution in [-0.2, 0) is 0 Å². The third-order valence-corrected chi connectivity index (χ3v) is 3.58. The molecule has 0 bridgehead atoms. The molecular weight excluding hydrogens is 326 g/mol. The highest BCUT2D eigenvalue weighted by molar-refractivity contribution is 9.10. The van der Waals surface area contributed by atoms with Crippen molar-refractivity contribution in [2.75, 3.05) is 0 Å². The van der Waals surface area contributed by atoms with Crippen LogP contribution in [0.1, 0.15) is 16.7 Å². The zero-order valence-electron chi connectivity index (χ0n) is 10.5. The Balaban J connectivity index is 2.37. The molecule has 0 heterocycles. The molecule has 0 unspecified atom stereocenters. The fourth-order valence-corrected chi connectivity index (χ4v) is 2.60. The average Bonchev–Trinajstić information content (AvgIpc) is 2.34. The highest BCUT2D eigenvalue weighted by atomic mass is 79.9. The minimum Gasteiger partial charge on any atom is -0.457 e. The van der Waals surface area contributed by atoms with Crippen LogP contribution in [0.15, 0.2) is 34.8 Å². The summed E-state index contributed by atoms with van der Waals surface area (Å²) < 4.78 is 6.60. The third kappa shape index (κ3) is 3.09. The van der Waals surface area contributed by atoms with E-state index in [0.717, 1.165) is 21.3 Å². The molecule has 96 valence electrons. The summed E-state index contributed by atoms with van der Waals surface area (Å²) in [6.07, 6.45) is 0. The highest BCUT2D eigenvalue weighted by Gasteiger charge is 2.08. The maximum absolute atomic E-state index is 8.88. The number of nitrogens with zero attached hydrogens (tertiary/aromatic N) is 1. The summed E-state index contributed by atoms with van der Waals surface area (Å²) in [5.74, 6) is 1.47. The summed E-state index contributed by atoms with van der Waals surface area (Å²) in [6.45, 7) is 3.90. The zero-order valence-corrected chi connectivity index (χ0v) is 12.8. The van der Waals surface area contributed by atoms with E-state index in [9.17, 15) is 0 Å². The van der Waals surface area contributed by atoms with Gasteiger partial charge in [0.05, 0.1) is 5.56 Å². The Bertz CT molecular complexity index is 653. The van der Waals surface area contributed by atoms with Crippen molar-refractivity contribution >= 4 is 27.5 Å². The van der Waals surface area contributed by atoms with Crippen LogP contribution in [0.2, 0.25) is 5.02 Å². The molecule has 0 aliphatic rings. The molecule has 0 aliphatic heterocycles. The van der Waals surface area contributed by atoms with Crippen molar-refractivity contribution in [3.63, 3.8) is 0 Å². The van der Waals surface area contributed by atoms with Crippen LogP contribution >= 0.6 is 27.5 Å². The normalized spacial score (nSPS) is 10.1. The standard InChI is InChI=1S/C15H11BrClNO/c1-9-5-12(17)6-10(2)15(9)19-13-4-3-11(8-18)14(16)7-13/h3-7H,1-2H3. The Morgan fingerprint density at radius 3 is 2.32 bits per heavy atom. The molecule has 0 atom stereocenters. The quantitative estimate of drug-likeness (QED) is 0.737. The molecule has 2 aromatic carbocycles. The van der Waals surface area contributed by atoms with Crippen LogP contribution in [0.4, 0.5) is 0 Å². The van der Waals surface area contributed by atoms with E-state index < -0.39 is 0 Å². The monoisotopic (exact) mass is 335 g/mol. The molecule has 0 saturated carbocycles. The van der Waals surface area contributed by atoms with Gasteiger partial charge in [-0.3, -0.25) is 0 Å². The number of nitriles is 1. The topological polar surface area (TPSA) is 33.0 Å². The van der Waals surface area contributed by atoms with Crippen LogP contribution in [0, 0.1) is 25.2 Å². The van der Waals surface area contributed by atoms with Gasteiger partial charge in [-0.1, -0.05) is 11.6 Å². The van der Waals surface area contributed by atoms with E-state index in [1.807, 2.05) is 26.0 Å². The molecule has 0 aliphatic carbocycles. The zero-order chi connectivity index (χ0) is 14.0. The van der Waals surface area contributed by atoms with E-state index >= 15 is 0 Å². The Hall–Kier alpha value is -1.50. The first kappa shape index (κ1) is 13.9. The number of benzene rings is 2. The minimum atomic E-state index is 0.580. The summed E-state index contributed by atoms with van der Waals surface area (Å²) >= 11 is 9.34. The van der Waals surface area contributed by atoms with Crippen LogP contribution in [0.5, 0.6) is 11.5 Å². The van der Waals surface area contributed by atoms with Gasteiger partial charge in [-0.05, 0) is 71.2 Å². The van der Waals surface area contributed by atoms with Gasteiger partial charge in [0.1, 0.15) is 17.6 Å². The van der Waals surface area contributed by atoms with Crippen molar-refractivity contribution in [3.05, 3.63) is 56.5 Å². The van der Waals surface area contributed by atoms with Crippen molar-refractivity contribution in [2.24, 2.45) is 0 Å². The van der Waals surface area contributed by atoms with Gasteiger partial charge in [0.2, 0.25) is 0 Å². The van der Waals surface area contributed by atoms with Gasteiger partial charge in [-0.15, -0.1) is 0 Å². The predicted octanol–water partition coefficient (Wildman–Crippen LogP) is 5.38. The van der Waals surface area contributed by atoms with Crippen molar-refractivity contribution in [1.82, 2.24) is 0 Å². The largest absolute Gasteiger partial charge is 0.457 e. The lowest BCUT2D eigenvalue weighted by molar-refractivity contribution is 0.475. The molecule has 2 nitrogen and oxygen atoms in total. The second-order valence-electron chi connectivity index (χ2n) is 4.22. The first-order chi connectivity index (χ1) is 9.01. The predicted molar refractivity (Wildman–Crippen MR) is 79.9 cm³/mol. The maximum Gasteiger partial charge on any atom is 0.133 e. The van der Waals surface area contributed by atoms with Gasteiger partial charge in [-0.2, -0.15) is 5.26 Å². The Labute approximate surface area is 125 Å². The molecule has 2 aromatic rings. The first-order valence-corrected chi connectivity index (χ1v) is 6.82. The maximum atomic E-state index is 8.88. The number of rotatable bonds is 2. The van der Waals surface area contributed by atoms with E-state index in [1.54, 1.807) is 18.2 Å². The second kappa shape index (κ2) is 5.64. The lowest BCUT2D eigenvalue weighted by atomic mass is 10.1. The SMILES string of the molecule is Cc1cc(Cl)cc(C)c1Oc1ccc(C#N)c(Br)c1. The lowest BCUT2D eigenvalue weighted by Gasteiger charge is -2.12. The van der Waals surface area contributed by atoms with Crippen LogP contribution in [0.3, 0.4) is 0 Å². The van der Waals surface area contributed by atoms with E-state index in [-0.39, 0.29) is 0 Å². The molecule has 0 N–H and O–H groups in total. The van der Waals surface area contributed by atoms with Crippen molar-refractivity contribution in [3.8, 4) is 17.6 Å². The molecule has 0 radical (unpaired) electrons. The van der Waals surface area contributed by atoms with Crippen LogP contribution < -0.4 is 4.74 Å². The van der Waals surface area contributed by atoms with Gasteiger partial charge >= 0.3 is 0 Å². The van der Waals surface area contributed by atoms with Gasteiger partial charge in [-0.25, -0.2) is 0 Å². The molecule has 0 fully saturated rings. The first-order valence-electron chi connectivity index (χ1n) is 5.65. The molecule has 4 heteroatoms. The van der Waals surface area contributed by atoms with E-state index in [1.165, 1.54) is 0 Å². The number of halogens is 2. The fraction of sp³-hybridized carbons (Fsp3) is 0.133. The van der Waals surface area contributed by atoms with E-state index in [4.69, 9.17) is 21.6 Å². The van der Waals surface area contributed by atoms with Gasteiger partial charge in [0.25, 0.3) is 0 Å². The van der Waals surface area contributed by atoms with Gasteiger partial charge in [0.15, 0.2) is 0 Å². The Kier molecular flexibility index (Phi) is 4.14. The van der Waals surface area contributed by atoms with Crippen molar-refractivity contribution in [2.45, 2.75) is 13.8 Å². The van der Waals surface area contributed by atoms with Crippen LogP contribution in [0.25, 0.3) is 0 Å².